The lowest BCUT2D eigenvalue weighted by Gasteiger charge is -2.28. The molecule has 10 rings (SSSR count). The van der Waals surface area contributed by atoms with Crippen LogP contribution in [-0.2, 0) is 0 Å². The van der Waals surface area contributed by atoms with Gasteiger partial charge in [-0.05, 0) is 82.2 Å². The number of benzene rings is 8. The summed E-state index contributed by atoms with van der Waals surface area (Å²) >= 11 is 0. The zero-order valence-electron chi connectivity index (χ0n) is 27.5. The van der Waals surface area contributed by atoms with Crippen LogP contribution >= 0.6 is 0 Å². The van der Waals surface area contributed by atoms with Gasteiger partial charge in [0.15, 0.2) is 5.58 Å². The Morgan fingerprint density at radius 2 is 0.980 bits per heavy atom. The van der Waals surface area contributed by atoms with Crippen LogP contribution in [0.1, 0.15) is 0 Å². The minimum Gasteiger partial charge on any atom is -0.456 e. The molecule has 51 heavy (non-hydrogen) atoms. The van der Waals surface area contributed by atoms with Crippen molar-refractivity contribution in [3.05, 3.63) is 182 Å². The van der Waals surface area contributed by atoms with Crippen molar-refractivity contribution in [3.8, 4) is 33.7 Å². The highest BCUT2D eigenvalue weighted by atomic mass is 16.4. The quantitative estimate of drug-likeness (QED) is 0.179. The number of hydrogen-bond acceptors (Lipinski definition) is 4. The predicted octanol–water partition coefficient (Wildman–Crippen LogP) is 13.4. The molecular formula is C47H30N2O2. The third kappa shape index (κ3) is 5.04. The molecule has 240 valence electrons. The lowest BCUT2D eigenvalue weighted by atomic mass is 9.96. The standard InChI is InChI=1S/C47H30N2O2/c1-4-12-31(13-5-1)32-20-22-35(23-21-32)49(43-26-25-37(33-14-6-2-7-15-33)38-18-10-11-19-39(38)43)36-24-27-44-40(28-36)41-29-42-46(30-45(41)50-44)51-47(48-42)34-16-8-3-9-17-34/h1-30H. The minimum absolute atomic E-state index is 0.596. The Labute approximate surface area is 294 Å². The first-order valence-electron chi connectivity index (χ1n) is 17.1. The van der Waals surface area contributed by atoms with Gasteiger partial charge in [-0.1, -0.05) is 121 Å². The molecule has 8 aromatic carbocycles. The fourth-order valence-corrected chi connectivity index (χ4v) is 7.24. The molecule has 4 nitrogen and oxygen atoms in total. The molecule has 0 radical (unpaired) electrons. The third-order valence-electron chi connectivity index (χ3n) is 9.70. The van der Waals surface area contributed by atoms with E-state index in [1.807, 2.05) is 36.4 Å². The summed E-state index contributed by atoms with van der Waals surface area (Å²) in [7, 11) is 0. The second-order valence-corrected chi connectivity index (χ2v) is 12.8. The molecule has 0 atom stereocenters. The third-order valence-corrected chi connectivity index (χ3v) is 9.70. The first kappa shape index (κ1) is 29.0. The Hall–Kier alpha value is -6.91. The zero-order valence-corrected chi connectivity index (χ0v) is 27.5. The average molecular weight is 655 g/mol. The summed E-state index contributed by atoms with van der Waals surface area (Å²) in [6.07, 6.45) is 0. The van der Waals surface area contributed by atoms with Gasteiger partial charge in [-0.3, -0.25) is 0 Å². The van der Waals surface area contributed by atoms with Crippen molar-refractivity contribution in [3.63, 3.8) is 0 Å². The fraction of sp³-hybridized carbons (Fsp3) is 0. The van der Waals surface area contributed by atoms with Crippen molar-refractivity contribution in [2.24, 2.45) is 0 Å². The first-order valence-corrected chi connectivity index (χ1v) is 17.1. The smallest absolute Gasteiger partial charge is 0.227 e. The van der Waals surface area contributed by atoms with Crippen molar-refractivity contribution in [1.82, 2.24) is 4.98 Å². The van der Waals surface area contributed by atoms with Gasteiger partial charge >= 0.3 is 0 Å². The van der Waals surface area contributed by atoms with Crippen LogP contribution in [0.5, 0.6) is 0 Å². The van der Waals surface area contributed by atoms with Gasteiger partial charge in [0.05, 0.1) is 5.69 Å². The predicted molar refractivity (Wildman–Crippen MR) is 210 cm³/mol. The second-order valence-electron chi connectivity index (χ2n) is 12.8. The Morgan fingerprint density at radius 3 is 1.73 bits per heavy atom. The van der Waals surface area contributed by atoms with Gasteiger partial charge < -0.3 is 13.7 Å². The molecule has 0 fully saturated rings. The van der Waals surface area contributed by atoms with Crippen molar-refractivity contribution in [2.45, 2.75) is 0 Å². The Bertz CT molecular complexity index is 2840. The maximum atomic E-state index is 6.42. The molecule has 0 saturated heterocycles. The summed E-state index contributed by atoms with van der Waals surface area (Å²) < 4.78 is 12.6. The molecule has 0 aliphatic heterocycles. The van der Waals surface area contributed by atoms with Crippen LogP contribution < -0.4 is 4.90 Å². The number of fused-ring (bicyclic) bond motifs is 5. The van der Waals surface area contributed by atoms with Crippen LogP contribution in [0, 0.1) is 0 Å². The van der Waals surface area contributed by atoms with Crippen LogP contribution in [-0.4, -0.2) is 4.98 Å². The highest BCUT2D eigenvalue weighted by Crippen LogP contribution is 2.44. The lowest BCUT2D eigenvalue weighted by Crippen LogP contribution is -2.10. The molecule has 0 aliphatic carbocycles. The van der Waals surface area contributed by atoms with E-state index in [1.54, 1.807) is 0 Å². The van der Waals surface area contributed by atoms with Gasteiger partial charge in [-0.25, -0.2) is 4.98 Å². The highest BCUT2D eigenvalue weighted by Gasteiger charge is 2.20. The van der Waals surface area contributed by atoms with E-state index in [0.717, 1.165) is 50.1 Å². The summed E-state index contributed by atoms with van der Waals surface area (Å²) in [5.41, 5.74) is 12.0. The Kier molecular flexibility index (Phi) is 6.78. The molecule has 0 saturated carbocycles. The second kappa shape index (κ2) is 11.9. The van der Waals surface area contributed by atoms with Crippen LogP contribution in [0.2, 0.25) is 0 Å². The average Bonchev–Trinajstić information content (AvgIpc) is 3.79. The normalized spacial score (nSPS) is 11.5. The van der Waals surface area contributed by atoms with E-state index in [0.29, 0.717) is 11.5 Å². The summed E-state index contributed by atoms with van der Waals surface area (Å²) in [5, 5.41) is 4.38. The number of rotatable bonds is 6. The van der Waals surface area contributed by atoms with Crippen molar-refractivity contribution < 1.29 is 8.83 Å². The molecule has 0 bridgehead atoms. The monoisotopic (exact) mass is 654 g/mol. The topological polar surface area (TPSA) is 42.4 Å². The van der Waals surface area contributed by atoms with Crippen LogP contribution in [0.3, 0.4) is 0 Å². The first-order chi connectivity index (χ1) is 25.3. The molecule has 10 aromatic rings. The van der Waals surface area contributed by atoms with Gasteiger partial charge in [-0.2, -0.15) is 0 Å². The zero-order chi connectivity index (χ0) is 33.7. The molecule has 0 amide bonds. The van der Waals surface area contributed by atoms with Crippen molar-refractivity contribution in [1.29, 1.82) is 0 Å². The molecule has 4 heteroatoms. The number of aromatic nitrogens is 1. The number of hydrogen-bond donors (Lipinski definition) is 0. The number of oxazole rings is 1. The number of furan rings is 1. The minimum atomic E-state index is 0.596. The van der Waals surface area contributed by atoms with E-state index in [1.165, 1.54) is 33.0 Å². The molecular weight excluding hydrogens is 625 g/mol. The maximum Gasteiger partial charge on any atom is 0.227 e. The molecule has 0 N–H and O–H groups in total. The molecule has 0 aliphatic rings. The van der Waals surface area contributed by atoms with Gasteiger partial charge in [-0.15, -0.1) is 0 Å². The summed E-state index contributed by atoms with van der Waals surface area (Å²) in [4.78, 5) is 7.21. The fourth-order valence-electron chi connectivity index (χ4n) is 7.24. The molecule has 2 aromatic heterocycles. The van der Waals surface area contributed by atoms with Crippen molar-refractivity contribution >= 4 is 60.9 Å². The van der Waals surface area contributed by atoms with E-state index in [9.17, 15) is 0 Å². The van der Waals surface area contributed by atoms with Gasteiger partial charge in [0, 0.05) is 39.2 Å². The summed E-state index contributed by atoms with van der Waals surface area (Å²) in [6.45, 7) is 0. The SMILES string of the molecule is c1ccc(-c2ccc(N(c3ccc4oc5cc6oc(-c7ccccc7)nc6cc5c4c3)c3ccc(-c4ccccc4)c4ccccc34)cc2)cc1. The van der Waals surface area contributed by atoms with Gasteiger partial charge in [0.1, 0.15) is 16.7 Å². The van der Waals surface area contributed by atoms with E-state index in [2.05, 4.69) is 150 Å². The summed E-state index contributed by atoms with van der Waals surface area (Å²) in [6, 6.07) is 63.6. The largest absolute Gasteiger partial charge is 0.456 e. The molecule has 2 heterocycles. The van der Waals surface area contributed by atoms with Crippen LogP contribution in [0.4, 0.5) is 17.1 Å². The van der Waals surface area contributed by atoms with E-state index in [-0.39, 0.29) is 0 Å². The highest BCUT2D eigenvalue weighted by molar-refractivity contribution is 6.11. The summed E-state index contributed by atoms with van der Waals surface area (Å²) in [5.74, 6) is 0.596. The Morgan fingerprint density at radius 1 is 0.373 bits per heavy atom. The lowest BCUT2D eigenvalue weighted by molar-refractivity contribution is 0.617. The van der Waals surface area contributed by atoms with Crippen LogP contribution in [0.15, 0.2) is 191 Å². The van der Waals surface area contributed by atoms with Gasteiger partial charge in [0.2, 0.25) is 5.89 Å². The van der Waals surface area contributed by atoms with E-state index >= 15 is 0 Å². The Balaban J connectivity index is 1.16. The van der Waals surface area contributed by atoms with Crippen molar-refractivity contribution in [2.75, 3.05) is 4.90 Å². The number of anilines is 3. The van der Waals surface area contributed by atoms with Crippen LogP contribution in [0.25, 0.3) is 77.5 Å². The maximum absolute atomic E-state index is 6.42. The molecule has 0 spiro atoms. The molecule has 0 unspecified atom stereocenters. The van der Waals surface area contributed by atoms with E-state index in [4.69, 9.17) is 13.8 Å². The van der Waals surface area contributed by atoms with E-state index < -0.39 is 0 Å². The number of nitrogens with zero attached hydrogens (tertiary/aromatic N) is 2. The van der Waals surface area contributed by atoms with Gasteiger partial charge in [0.25, 0.3) is 0 Å².